The number of benzene rings is 1. The number of hydrogen-bond donors (Lipinski definition) is 0. The summed E-state index contributed by atoms with van der Waals surface area (Å²) >= 11 is 0. The SMILES string of the molecule is COc1ccccc1CC(=O)OCC(=O)c1cc(C)n(C2CC2)c1C. The van der Waals surface area contributed by atoms with E-state index >= 15 is 0 Å². The Balaban J connectivity index is 1.61. The van der Waals surface area contributed by atoms with Crippen LogP contribution in [0.15, 0.2) is 30.3 Å². The van der Waals surface area contributed by atoms with Gasteiger partial charge in [0.2, 0.25) is 5.78 Å². The van der Waals surface area contributed by atoms with E-state index in [4.69, 9.17) is 9.47 Å². The number of hydrogen-bond acceptors (Lipinski definition) is 4. The third kappa shape index (κ3) is 3.76. The molecule has 0 saturated heterocycles. The molecule has 1 aliphatic carbocycles. The molecule has 1 aliphatic rings. The van der Waals surface area contributed by atoms with Crippen LogP contribution in [0.4, 0.5) is 0 Å². The van der Waals surface area contributed by atoms with Gasteiger partial charge in [-0.1, -0.05) is 18.2 Å². The minimum Gasteiger partial charge on any atom is -0.496 e. The van der Waals surface area contributed by atoms with Crippen LogP contribution in [0, 0.1) is 13.8 Å². The van der Waals surface area contributed by atoms with Gasteiger partial charge < -0.3 is 14.0 Å². The van der Waals surface area contributed by atoms with Gasteiger partial charge in [0.15, 0.2) is 6.61 Å². The third-order valence-corrected chi connectivity index (χ3v) is 4.59. The van der Waals surface area contributed by atoms with Crippen molar-refractivity contribution in [3.8, 4) is 5.75 Å². The van der Waals surface area contributed by atoms with Crippen molar-refractivity contribution < 1.29 is 19.1 Å². The summed E-state index contributed by atoms with van der Waals surface area (Å²) in [6.45, 7) is 3.73. The summed E-state index contributed by atoms with van der Waals surface area (Å²) in [5.41, 5.74) is 3.44. The van der Waals surface area contributed by atoms with Crippen molar-refractivity contribution in [2.75, 3.05) is 13.7 Å². The lowest BCUT2D eigenvalue weighted by molar-refractivity contribution is -0.141. The molecule has 1 aromatic carbocycles. The Morgan fingerprint density at radius 3 is 2.60 bits per heavy atom. The minimum absolute atomic E-state index is 0.0817. The van der Waals surface area contributed by atoms with E-state index in [0.29, 0.717) is 17.4 Å². The molecule has 1 aromatic heterocycles. The summed E-state index contributed by atoms with van der Waals surface area (Å²) in [6.07, 6.45) is 2.41. The molecule has 5 heteroatoms. The van der Waals surface area contributed by atoms with E-state index in [-0.39, 0.29) is 18.8 Å². The van der Waals surface area contributed by atoms with Crippen LogP contribution in [0.5, 0.6) is 5.75 Å². The maximum absolute atomic E-state index is 12.4. The van der Waals surface area contributed by atoms with E-state index in [0.717, 1.165) is 29.8 Å². The van der Waals surface area contributed by atoms with Crippen LogP contribution in [0.1, 0.15) is 46.2 Å². The number of ether oxygens (including phenoxy) is 2. The van der Waals surface area contributed by atoms with Gasteiger partial charge >= 0.3 is 5.97 Å². The fraction of sp³-hybridized carbons (Fsp3) is 0.400. The average Bonchev–Trinajstić information content (AvgIpc) is 3.38. The second-order valence-electron chi connectivity index (χ2n) is 6.46. The van der Waals surface area contributed by atoms with Gasteiger partial charge in [0.05, 0.1) is 13.5 Å². The van der Waals surface area contributed by atoms with Crippen molar-refractivity contribution in [3.63, 3.8) is 0 Å². The minimum atomic E-state index is -0.436. The molecule has 0 radical (unpaired) electrons. The molecule has 0 N–H and O–H groups in total. The fourth-order valence-electron chi connectivity index (χ4n) is 3.23. The fourth-order valence-corrected chi connectivity index (χ4v) is 3.23. The molecule has 0 atom stereocenters. The number of carbonyl (C=O) groups excluding carboxylic acids is 2. The molecule has 5 nitrogen and oxygen atoms in total. The highest BCUT2D eigenvalue weighted by molar-refractivity contribution is 5.99. The van der Waals surface area contributed by atoms with Crippen molar-refractivity contribution in [2.45, 2.75) is 39.2 Å². The number of esters is 1. The third-order valence-electron chi connectivity index (χ3n) is 4.59. The van der Waals surface area contributed by atoms with Gasteiger partial charge in [-0.3, -0.25) is 9.59 Å². The quantitative estimate of drug-likeness (QED) is 0.572. The molecule has 132 valence electrons. The van der Waals surface area contributed by atoms with Crippen molar-refractivity contribution in [1.82, 2.24) is 4.57 Å². The molecule has 3 rings (SSSR count). The smallest absolute Gasteiger partial charge is 0.310 e. The Bertz CT molecular complexity index is 802. The maximum Gasteiger partial charge on any atom is 0.310 e. The molecule has 1 heterocycles. The first-order valence-electron chi connectivity index (χ1n) is 8.50. The second kappa shape index (κ2) is 7.13. The number of carbonyl (C=O) groups is 2. The van der Waals surface area contributed by atoms with Gasteiger partial charge in [-0.25, -0.2) is 0 Å². The first-order valence-corrected chi connectivity index (χ1v) is 8.50. The number of para-hydroxylation sites is 1. The molecule has 0 spiro atoms. The zero-order valence-electron chi connectivity index (χ0n) is 14.9. The Morgan fingerprint density at radius 1 is 1.20 bits per heavy atom. The summed E-state index contributed by atoms with van der Waals surface area (Å²) in [4.78, 5) is 24.5. The van der Waals surface area contributed by atoms with E-state index in [9.17, 15) is 9.59 Å². The molecule has 0 unspecified atom stereocenters. The van der Waals surface area contributed by atoms with Crippen LogP contribution in [0.25, 0.3) is 0 Å². The van der Waals surface area contributed by atoms with E-state index in [2.05, 4.69) is 4.57 Å². The Morgan fingerprint density at radius 2 is 1.92 bits per heavy atom. The molecule has 0 amide bonds. The topological polar surface area (TPSA) is 57.5 Å². The van der Waals surface area contributed by atoms with Crippen molar-refractivity contribution in [2.24, 2.45) is 0 Å². The van der Waals surface area contributed by atoms with Crippen molar-refractivity contribution in [1.29, 1.82) is 0 Å². The van der Waals surface area contributed by atoms with Gasteiger partial charge in [0.25, 0.3) is 0 Å². The Kier molecular flexibility index (Phi) is 4.93. The summed E-state index contributed by atoms with van der Waals surface area (Å²) in [6, 6.07) is 9.70. The number of methoxy groups -OCH3 is 1. The number of rotatable bonds is 7. The van der Waals surface area contributed by atoms with E-state index < -0.39 is 5.97 Å². The normalized spacial score (nSPS) is 13.6. The first-order chi connectivity index (χ1) is 12.0. The lowest BCUT2D eigenvalue weighted by Crippen LogP contribution is -2.16. The van der Waals surface area contributed by atoms with Crippen LogP contribution in [-0.4, -0.2) is 30.0 Å². The Labute approximate surface area is 147 Å². The van der Waals surface area contributed by atoms with Crippen LogP contribution < -0.4 is 4.74 Å². The van der Waals surface area contributed by atoms with Crippen LogP contribution >= 0.6 is 0 Å². The second-order valence-corrected chi connectivity index (χ2v) is 6.46. The molecular weight excluding hydrogens is 318 g/mol. The predicted molar refractivity (Wildman–Crippen MR) is 94.2 cm³/mol. The van der Waals surface area contributed by atoms with E-state index in [1.807, 2.05) is 38.1 Å². The highest BCUT2D eigenvalue weighted by atomic mass is 16.5. The highest BCUT2D eigenvalue weighted by Crippen LogP contribution is 2.38. The summed E-state index contributed by atoms with van der Waals surface area (Å²) < 4.78 is 12.6. The van der Waals surface area contributed by atoms with Gasteiger partial charge in [0.1, 0.15) is 5.75 Å². The van der Waals surface area contributed by atoms with Crippen molar-refractivity contribution in [3.05, 3.63) is 52.8 Å². The van der Waals surface area contributed by atoms with Gasteiger partial charge in [-0.05, 0) is 38.8 Å². The van der Waals surface area contributed by atoms with Gasteiger partial charge in [0, 0.05) is 28.6 Å². The average molecular weight is 341 g/mol. The van der Waals surface area contributed by atoms with E-state index in [1.165, 1.54) is 0 Å². The van der Waals surface area contributed by atoms with Crippen LogP contribution in [-0.2, 0) is 16.0 Å². The van der Waals surface area contributed by atoms with Crippen LogP contribution in [0.3, 0.4) is 0 Å². The number of Topliss-reactive ketones (excluding diaryl/α,β-unsaturated/α-hetero) is 1. The predicted octanol–water partition coefficient (Wildman–Crippen LogP) is 3.42. The summed E-state index contributed by atoms with van der Waals surface area (Å²) in [5, 5.41) is 0. The lowest BCUT2D eigenvalue weighted by Gasteiger charge is -2.09. The molecule has 1 saturated carbocycles. The van der Waals surface area contributed by atoms with Crippen LogP contribution in [0.2, 0.25) is 0 Å². The zero-order valence-corrected chi connectivity index (χ0v) is 14.9. The monoisotopic (exact) mass is 341 g/mol. The molecule has 2 aromatic rings. The zero-order chi connectivity index (χ0) is 18.0. The van der Waals surface area contributed by atoms with Crippen molar-refractivity contribution >= 4 is 11.8 Å². The Hall–Kier alpha value is -2.56. The summed E-state index contributed by atoms with van der Waals surface area (Å²) in [7, 11) is 1.56. The van der Waals surface area contributed by atoms with E-state index in [1.54, 1.807) is 13.2 Å². The van der Waals surface area contributed by atoms with Gasteiger partial charge in [-0.15, -0.1) is 0 Å². The lowest BCUT2D eigenvalue weighted by atomic mass is 10.1. The van der Waals surface area contributed by atoms with Gasteiger partial charge in [-0.2, -0.15) is 0 Å². The molecule has 25 heavy (non-hydrogen) atoms. The largest absolute Gasteiger partial charge is 0.496 e. The molecule has 1 fully saturated rings. The molecular formula is C20H23NO4. The number of nitrogens with zero attached hydrogens (tertiary/aromatic N) is 1. The summed E-state index contributed by atoms with van der Waals surface area (Å²) in [5.74, 6) is 0.0426. The standard InChI is InChI=1S/C20H23NO4/c1-13-10-17(14(2)21(13)16-8-9-16)18(22)12-25-20(23)11-15-6-4-5-7-19(15)24-3/h4-7,10,16H,8-9,11-12H2,1-3H3. The maximum atomic E-state index is 12.4. The number of aromatic nitrogens is 1. The first kappa shape index (κ1) is 17.3. The highest BCUT2D eigenvalue weighted by Gasteiger charge is 2.28. The number of aryl methyl sites for hydroxylation is 1. The number of ketones is 1. The molecule has 0 aliphatic heterocycles. The molecule has 0 bridgehead atoms.